The quantitative estimate of drug-likeness (QED) is 0.813. The molecule has 0 radical (unpaired) electrons. The number of anilines is 1. The molecule has 0 aromatic carbocycles. The van der Waals surface area contributed by atoms with E-state index in [0.717, 1.165) is 17.1 Å². The lowest BCUT2D eigenvalue weighted by Crippen LogP contribution is -2.43. The van der Waals surface area contributed by atoms with Gasteiger partial charge in [-0.1, -0.05) is 0 Å². The van der Waals surface area contributed by atoms with Gasteiger partial charge >= 0.3 is 0 Å². The van der Waals surface area contributed by atoms with Gasteiger partial charge in [0, 0.05) is 30.2 Å². The minimum atomic E-state index is -0.741. The first kappa shape index (κ1) is 13.9. The monoisotopic (exact) mass is 237 g/mol. The molecule has 96 valence electrons. The van der Waals surface area contributed by atoms with Gasteiger partial charge in [-0.05, 0) is 47.0 Å². The third-order valence-corrected chi connectivity index (χ3v) is 2.41. The van der Waals surface area contributed by atoms with Crippen LogP contribution < -0.4 is 5.32 Å². The normalized spacial score (nSPS) is 14.8. The molecule has 0 amide bonds. The second-order valence-corrected chi connectivity index (χ2v) is 5.23. The Morgan fingerprint density at radius 1 is 1.29 bits per heavy atom. The minimum absolute atomic E-state index is 0.522. The summed E-state index contributed by atoms with van der Waals surface area (Å²) in [6.07, 6.45) is 0. The highest BCUT2D eigenvalue weighted by atomic mass is 16.3. The van der Waals surface area contributed by atoms with Crippen LogP contribution in [0, 0.1) is 13.8 Å². The molecule has 0 aliphatic rings. The van der Waals surface area contributed by atoms with Crippen LogP contribution in [0.5, 0.6) is 0 Å². The number of aromatic nitrogens is 1. The van der Waals surface area contributed by atoms with Crippen molar-refractivity contribution in [3.8, 4) is 0 Å². The minimum Gasteiger partial charge on any atom is -0.387 e. The summed E-state index contributed by atoms with van der Waals surface area (Å²) < 4.78 is 0. The van der Waals surface area contributed by atoms with E-state index in [4.69, 9.17) is 0 Å². The van der Waals surface area contributed by atoms with E-state index >= 15 is 0 Å². The maximum absolute atomic E-state index is 10.2. The van der Waals surface area contributed by atoms with Crippen molar-refractivity contribution in [2.24, 2.45) is 0 Å². The van der Waals surface area contributed by atoms with Crippen LogP contribution >= 0.6 is 0 Å². The summed E-state index contributed by atoms with van der Waals surface area (Å²) in [6.45, 7) is 6.92. The second kappa shape index (κ2) is 5.47. The van der Waals surface area contributed by atoms with Crippen LogP contribution in [0.25, 0.3) is 0 Å². The third-order valence-electron chi connectivity index (χ3n) is 2.41. The van der Waals surface area contributed by atoms with Crippen LogP contribution in [0.2, 0.25) is 0 Å². The molecule has 1 heterocycles. The van der Waals surface area contributed by atoms with E-state index in [1.54, 1.807) is 0 Å². The van der Waals surface area contributed by atoms with Crippen molar-refractivity contribution in [1.29, 1.82) is 0 Å². The predicted octanol–water partition coefficient (Wildman–Crippen LogP) is 1.42. The van der Waals surface area contributed by atoms with Crippen molar-refractivity contribution in [3.05, 3.63) is 23.5 Å². The average Bonchev–Trinajstić information content (AvgIpc) is 2.11. The Labute approximate surface area is 104 Å². The molecule has 1 aromatic heterocycles. The summed E-state index contributed by atoms with van der Waals surface area (Å²) in [5.74, 6) is 0. The summed E-state index contributed by atoms with van der Waals surface area (Å²) in [7, 11) is 3.91. The standard InChI is InChI=1S/C13H23N3O/c1-10-6-12(7-11(2)15-10)14-8-13(3,17)9-16(4)5/h6-7,17H,8-9H2,1-5H3,(H,14,15). The van der Waals surface area contributed by atoms with E-state index in [-0.39, 0.29) is 0 Å². The molecular formula is C13H23N3O. The van der Waals surface area contributed by atoms with Crippen LogP contribution in [0.15, 0.2) is 12.1 Å². The first-order valence-corrected chi connectivity index (χ1v) is 5.85. The SMILES string of the molecule is Cc1cc(NCC(C)(O)CN(C)C)cc(C)n1. The molecule has 1 aromatic rings. The first-order valence-electron chi connectivity index (χ1n) is 5.85. The molecule has 4 nitrogen and oxygen atoms in total. The molecule has 1 unspecified atom stereocenters. The number of nitrogens with zero attached hydrogens (tertiary/aromatic N) is 2. The van der Waals surface area contributed by atoms with Crippen molar-refractivity contribution in [2.45, 2.75) is 26.4 Å². The Bertz CT molecular complexity index is 355. The van der Waals surface area contributed by atoms with Crippen molar-refractivity contribution in [3.63, 3.8) is 0 Å². The number of likely N-dealkylation sites (N-methyl/N-ethyl adjacent to an activating group) is 1. The lowest BCUT2D eigenvalue weighted by molar-refractivity contribution is 0.0460. The zero-order chi connectivity index (χ0) is 13.1. The van der Waals surface area contributed by atoms with E-state index < -0.39 is 5.60 Å². The van der Waals surface area contributed by atoms with Gasteiger partial charge in [0.25, 0.3) is 0 Å². The van der Waals surface area contributed by atoms with Crippen molar-refractivity contribution in [1.82, 2.24) is 9.88 Å². The summed E-state index contributed by atoms with van der Waals surface area (Å²) in [5.41, 5.74) is 2.24. The molecule has 4 heteroatoms. The van der Waals surface area contributed by atoms with Gasteiger partial charge in [0.1, 0.15) is 0 Å². The number of aryl methyl sites for hydroxylation is 2. The zero-order valence-corrected chi connectivity index (χ0v) is 11.4. The molecule has 0 aliphatic carbocycles. The first-order chi connectivity index (χ1) is 7.78. The fraction of sp³-hybridized carbons (Fsp3) is 0.615. The molecule has 1 atom stereocenters. The molecule has 0 aliphatic heterocycles. The Hall–Kier alpha value is -1.13. The number of nitrogens with one attached hydrogen (secondary N) is 1. The number of hydrogen-bond donors (Lipinski definition) is 2. The molecule has 0 saturated carbocycles. The fourth-order valence-electron chi connectivity index (χ4n) is 1.97. The van der Waals surface area contributed by atoms with E-state index in [9.17, 15) is 5.11 Å². The molecule has 0 saturated heterocycles. The lowest BCUT2D eigenvalue weighted by Gasteiger charge is -2.27. The predicted molar refractivity (Wildman–Crippen MR) is 71.4 cm³/mol. The van der Waals surface area contributed by atoms with Crippen LogP contribution in [-0.4, -0.2) is 47.8 Å². The molecule has 0 bridgehead atoms. The molecule has 0 fully saturated rings. The van der Waals surface area contributed by atoms with Gasteiger partial charge in [-0.15, -0.1) is 0 Å². The number of rotatable bonds is 5. The van der Waals surface area contributed by atoms with E-state index in [0.29, 0.717) is 13.1 Å². The van der Waals surface area contributed by atoms with Crippen LogP contribution in [0.3, 0.4) is 0 Å². The number of aliphatic hydroxyl groups is 1. The molecule has 0 spiro atoms. The van der Waals surface area contributed by atoms with E-state index in [1.165, 1.54) is 0 Å². The van der Waals surface area contributed by atoms with E-state index in [2.05, 4.69) is 10.3 Å². The second-order valence-electron chi connectivity index (χ2n) is 5.23. The van der Waals surface area contributed by atoms with Gasteiger partial charge in [0.2, 0.25) is 0 Å². The van der Waals surface area contributed by atoms with Crippen molar-refractivity contribution < 1.29 is 5.11 Å². The number of pyridine rings is 1. The summed E-state index contributed by atoms with van der Waals surface area (Å²) >= 11 is 0. The highest BCUT2D eigenvalue weighted by Crippen LogP contribution is 2.13. The number of hydrogen-bond acceptors (Lipinski definition) is 4. The molecular weight excluding hydrogens is 214 g/mol. The fourth-order valence-corrected chi connectivity index (χ4v) is 1.97. The maximum Gasteiger partial charge on any atom is 0.0917 e. The van der Waals surface area contributed by atoms with Crippen LogP contribution in [0.4, 0.5) is 5.69 Å². The van der Waals surface area contributed by atoms with Gasteiger partial charge in [-0.2, -0.15) is 0 Å². The van der Waals surface area contributed by atoms with Crippen LogP contribution in [-0.2, 0) is 0 Å². The topological polar surface area (TPSA) is 48.4 Å². The van der Waals surface area contributed by atoms with Gasteiger partial charge in [-0.25, -0.2) is 0 Å². The molecule has 2 N–H and O–H groups in total. The van der Waals surface area contributed by atoms with Gasteiger partial charge in [-0.3, -0.25) is 4.98 Å². The van der Waals surface area contributed by atoms with E-state index in [1.807, 2.05) is 51.9 Å². The maximum atomic E-state index is 10.2. The summed E-state index contributed by atoms with van der Waals surface area (Å²) in [4.78, 5) is 6.29. The average molecular weight is 237 g/mol. The Morgan fingerprint density at radius 2 is 1.82 bits per heavy atom. The van der Waals surface area contributed by atoms with Crippen LogP contribution in [0.1, 0.15) is 18.3 Å². The summed E-state index contributed by atoms with van der Waals surface area (Å²) in [6, 6.07) is 3.97. The highest BCUT2D eigenvalue weighted by molar-refractivity contribution is 5.45. The Morgan fingerprint density at radius 3 is 2.29 bits per heavy atom. The Balaban J connectivity index is 2.60. The smallest absolute Gasteiger partial charge is 0.0917 e. The van der Waals surface area contributed by atoms with Crippen molar-refractivity contribution >= 4 is 5.69 Å². The highest BCUT2D eigenvalue weighted by Gasteiger charge is 2.20. The van der Waals surface area contributed by atoms with Gasteiger partial charge in [0.05, 0.1) is 5.60 Å². The van der Waals surface area contributed by atoms with Gasteiger partial charge < -0.3 is 15.3 Å². The molecule has 17 heavy (non-hydrogen) atoms. The van der Waals surface area contributed by atoms with Gasteiger partial charge in [0.15, 0.2) is 0 Å². The lowest BCUT2D eigenvalue weighted by atomic mass is 10.1. The Kier molecular flexibility index (Phi) is 4.48. The zero-order valence-electron chi connectivity index (χ0n) is 11.4. The third kappa shape index (κ3) is 5.15. The molecule has 1 rings (SSSR count). The largest absolute Gasteiger partial charge is 0.387 e. The van der Waals surface area contributed by atoms with Crippen molar-refractivity contribution in [2.75, 3.05) is 32.5 Å². The summed E-state index contributed by atoms with van der Waals surface area (Å²) in [5, 5.41) is 13.4.